The third-order valence-corrected chi connectivity index (χ3v) is 3.28. The van der Waals surface area contributed by atoms with E-state index in [-0.39, 0.29) is 12.8 Å². The zero-order valence-corrected chi connectivity index (χ0v) is 10.1. The maximum absolute atomic E-state index is 11.0. The fraction of sp³-hybridized carbons (Fsp3) is 0.727. The van der Waals surface area contributed by atoms with Gasteiger partial charge in [0.1, 0.15) is 0 Å². The molecule has 0 aromatic carbocycles. The molecule has 0 spiro atoms. The molecular weight excluding hydrogens is 228 g/mol. The molecule has 0 rings (SSSR count). The number of carbonyl (C=O) groups is 3. The first-order valence-corrected chi connectivity index (χ1v) is 5.28. The molecule has 98 valence electrons. The zero-order chi connectivity index (χ0) is 13.8. The summed E-state index contributed by atoms with van der Waals surface area (Å²) < 4.78 is 0. The molecule has 0 radical (unpaired) electrons. The Morgan fingerprint density at radius 2 is 1.59 bits per heavy atom. The molecule has 0 aliphatic heterocycles. The Kier molecular flexibility index (Phi) is 5.12. The van der Waals surface area contributed by atoms with Crippen LogP contribution >= 0.6 is 0 Å². The van der Waals surface area contributed by atoms with Crippen LogP contribution in [0.25, 0.3) is 0 Å². The van der Waals surface area contributed by atoms with Gasteiger partial charge in [-0.05, 0) is 26.2 Å². The quantitative estimate of drug-likeness (QED) is 0.624. The van der Waals surface area contributed by atoms with Crippen molar-refractivity contribution in [2.75, 3.05) is 0 Å². The minimum Gasteiger partial charge on any atom is -0.481 e. The predicted octanol–water partition coefficient (Wildman–Crippen LogP) is 1.30. The average molecular weight is 246 g/mol. The van der Waals surface area contributed by atoms with Crippen molar-refractivity contribution < 1.29 is 29.7 Å². The Bertz CT molecular complexity index is 320. The van der Waals surface area contributed by atoms with E-state index in [2.05, 4.69) is 0 Å². The lowest BCUT2D eigenvalue weighted by Crippen LogP contribution is -2.38. The Balaban J connectivity index is 4.88. The summed E-state index contributed by atoms with van der Waals surface area (Å²) in [5.41, 5.74) is -1.21. The molecule has 2 unspecified atom stereocenters. The van der Waals surface area contributed by atoms with Gasteiger partial charge in [-0.2, -0.15) is 0 Å². The Labute approximate surface area is 99.3 Å². The molecule has 0 aliphatic carbocycles. The van der Waals surface area contributed by atoms with Gasteiger partial charge in [0.25, 0.3) is 0 Å². The van der Waals surface area contributed by atoms with E-state index in [0.717, 1.165) is 0 Å². The smallest absolute Gasteiger partial charge is 0.309 e. The SMILES string of the molecule is CC(C(CCC(=O)O)C(=O)O)C(C)(C)C(=O)O. The van der Waals surface area contributed by atoms with Crippen LogP contribution in [0, 0.1) is 17.3 Å². The normalized spacial score (nSPS) is 15.0. The van der Waals surface area contributed by atoms with Crippen molar-refractivity contribution in [1.29, 1.82) is 0 Å². The van der Waals surface area contributed by atoms with E-state index < -0.39 is 35.2 Å². The number of hydrogen-bond acceptors (Lipinski definition) is 3. The summed E-state index contributed by atoms with van der Waals surface area (Å²) >= 11 is 0. The second-order valence-corrected chi connectivity index (χ2v) is 4.69. The summed E-state index contributed by atoms with van der Waals surface area (Å²) in [7, 11) is 0. The van der Waals surface area contributed by atoms with Crippen LogP contribution in [0.15, 0.2) is 0 Å². The molecule has 3 N–H and O–H groups in total. The summed E-state index contributed by atoms with van der Waals surface area (Å²) in [5.74, 6) is -4.97. The minimum absolute atomic E-state index is 0.0669. The van der Waals surface area contributed by atoms with Crippen molar-refractivity contribution in [2.45, 2.75) is 33.6 Å². The molecule has 0 saturated carbocycles. The number of carboxylic acid groups (broad SMARTS) is 3. The van der Waals surface area contributed by atoms with E-state index >= 15 is 0 Å². The molecule has 0 heterocycles. The summed E-state index contributed by atoms with van der Waals surface area (Å²) in [4.78, 5) is 32.5. The van der Waals surface area contributed by atoms with E-state index in [1.807, 2.05) is 0 Å². The molecule has 0 aliphatic rings. The van der Waals surface area contributed by atoms with E-state index in [4.69, 9.17) is 15.3 Å². The van der Waals surface area contributed by atoms with Gasteiger partial charge >= 0.3 is 17.9 Å². The van der Waals surface area contributed by atoms with Crippen LogP contribution < -0.4 is 0 Å². The van der Waals surface area contributed by atoms with Crippen LogP contribution in [-0.2, 0) is 14.4 Å². The summed E-state index contributed by atoms with van der Waals surface area (Å²) in [5, 5.41) is 26.6. The molecule has 0 fully saturated rings. The van der Waals surface area contributed by atoms with Crippen LogP contribution in [0.5, 0.6) is 0 Å². The molecule has 6 heteroatoms. The molecule has 17 heavy (non-hydrogen) atoms. The molecular formula is C11H18O6. The molecule has 0 amide bonds. The molecule has 0 bridgehead atoms. The lowest BCUT2D eigenvalue weighted by molar-refractivity contribution is -0.155. The second kappa shape index (κ2) is 5.65. The standard InChI is InChI=1S/C11H18O6/c1-6(11(2,3)10(16)17)7(9(14)15)4-5-8(12)13/h6-7H,4-5H2,1-3H3,(H,12,13)(H,14,15)(H,16,17). The van der Waals surface area contributed by atoms with Crippen molar-refractivity contribution in [3.05, 3.63) is 0 Å². The highest BCUT2D eigenvalue weighted by atomic mass is 16.4. The summed E-state index contributed by atoms with van der Waals surface area (Å²) in [6, 6.07) is 0. The van der Waals surface area contributed by atoms with Gasteiger partial charge in [-0.1, -0.05) is 6.92 Å². The van der Waals surface area contributed by atoms with Crippen LogP contribution in [0.2, 0.25) is 0 Å². The van der Waals surface area contributed by atoms with Crippen molar-refractivity contribution >= 4 is 17.9 Å². The maximum Gasteiger partial charge on any atom is 0.309 e. The fourth-order valence-electron chi connectivity index (χ4n) is 1.56. The number of hydrogen-bond donors (Lipinski definition) is 3. The van der Waals surface area contributed by atoms with Gasteiger partial charge in [0.2, 0.25) is 0 Å². The van der Waals surface area contributed by atoms with Crippen molar-refractivity contribution in [3.8, 4) is 0 Å². The van der Waals surface area contributed by atoms with E-state index in [1.165, 1.54) is 20.8 Å². The highest BCUT2D eigenvalue weighted by Crippen LogP contribution is 2.35. The fourth-order valence-corrected chi connectivity index (χ4v) is 1.56. The first-order valence-electron chi connectivity index (χ1n) is 5.28. The van der Waals surface area contributed by atoms with Crippen LogP contribution in [0.3, 0.4) is 0 Å². The number of aliphatic carboxylic acids is 3. The number of carboxylic acids is 3. The predicted molar refractivity (Wildman–Crippen MR) is 58.6 cm³/mol. The monoisotopic (exact) mass is 246 g/mol. The van der Waals surface area contributed by atoms with Gasteiger partial charge in [-0.25, -0.2) is 0 Å². The van der Waals surface area contributed by atoms with Crippen molar-refractivity contribution in [2.24, 2.45) is 17.3 Å². The lowest BCUT2D eigenvalue weighted by atomic mass is 9.71. The molecule has 0 aromatic heterocycles. The first kappa shape index (κ1) is 15.4. The van der Waals surface area contributed by atoms with E-state index in [9.17, 15) is 14.4 Å². The topological polar surface area (TPSA) is 112 Å². The second-order valence-electron chi connectivity index (χ2n) is 4.69. The van der Waals surface area contributed by atoms with Gasteiger partial charge in [0.15, 0.2) is 0 Å². The van der Waals surface area contributed by atoms with Gasteiger partial charge in [0.05, 0.1) is 11.3 Å². The Hall–Kier alpha value is -1.59. The minimum atomic E-state index is -1.21. The summed E-state index contributed by atoms with van der Waals surface area (Å²) in [6.07, 6.45) is -0.348. The van der Waals surface area contributed by atoms with Gasteiger partial charge < -0.3 is 15.3 Å². The maximum atomic E-state index is 11.0. The largest absolute Gasteiger partial charge is 0.481 e. The Morgan fingerprint density at radius 1 is 1.12 bits per heavy atom. The van der Waals surface area contributed by atoms with Gasteiger partial charge in [-0.3, -0.25) is 14.4 Å². The van der Waals surface area contributed by atoms with Gasteiger partial charge in [0, 0.05) is 6.42 Å². The highest BCUT2D eigenvalue weighted by Gasteiger charge is 2.41. The third kappa shape index (κ3) is 4.05. The molecule has 6 nitrogen and oxygen atoms in total. The highest BCUT2D eigenvalue weighted by molar-refractivity contribution is 5.77. The lowest BCUT2D eigenvalue weighted by Gasteiger charge is -2.31. The molecule has 0 aromatic rings. The van der Waals surface area contributed by atoms with Crippen molar-refractivity contribution in [1.82, 2.24) is 0 Å². The van der Waals surface area contributed by atoms with E-state index in [1.54, 1.807) is 0 Å². The van der Waals surface area contributed by atoms with Gasteiger partial charge in [-0.15, -0.1) is 0 Å². The first-order chi connectivity index (χ1) is 7.60. The Morgan fingerprint density at radius 3 is 1.88 bits per heavy atom. The number of rotatable bonds is 7. The van der Waals surface area contributed by atoms with Crippen molar-refractivity contribution in [3.63, 3.8) is 0 Å². The zero-order valence-electron chi connectivity index (χ0n) is 10.1. The average Bonchev–Trinajstić information content (AvgIpc) is 2.16. The van der Waals surface area contributed by atoms with Crippen LogP contribution in [-0.4, -0.2) is 33.2 Å². The molecule has 2 atom stereocenters. The van der Waals surface area contributed by atoms with Crippen LogP contribution in [0.4, 0.5) is 0 Å². The third-order valence-electron chi connectivity index (χ3n) is 3.28. The van der Waals surface area contributed by atoms with E-state index in [0.29, 0.717) is 0 Å². The summed E-state index contributed by atoms with van der Waals surface area (Å²) in [6.45, 7) is 4.40. The van der Waals surface area contributed by atoms with Crippen LogP contribution in [0.1, 0.15) is 33.6 Å². The molecule has 0 saturated heterocycles.